The van der Waals surface area contributed by atoms with E-state index in [1.54, 1.807) is 6.08 Å². The summed E-state index contributed by atoms with van der Waals surface area (Å²) in [4.78, 5) is 15.0. The molecule has 0 aliphatic carbocycles. The lowest BCUT2D eigenvalue weighted by Gasteiger charge is -2.29. The number of nitrogens with one attached hydrogen (secondary N) is 1. The monoisotopic (exact) mass is 472 g/mol. The van der Waals surface area contributed by atoms with Gasteiger partial charge in [-0.05, 0) is 73.0 Å². The topological polar surface area (TPSA) is 90.5 Å². The van der Waals surface area contributed by atoms with Gasteiger partial charge in [-0.2, -0.15) is 5.26 Å². The maximum atomic E-state index is 12.6. The van der Waals surface area contributed by atoms with Crippen LogP contribution in [0.2, 0.25) is 0 Å². The molecule has 0 saturated carbocycles. The number of anilines is 1. The first-order valence-electron chi connectivity index (χ1n) is 11.9. The molecule has 0 spiro atoms. The molecule has 1 aliphatic heterocycles. The van der Waals surface area contributed by atoms with Gasteiger partial charge in [0.15, 0.2) is 0 Å². The number of hydrogen-bond donors (Lipinski definition) is 2. The predicted molar refractivity (Wildman–Crippen MR) is 139 cm³/mol. The summed E-state index contributed by atoms with van der Waals surface area (Å²) in [5, 5.41) is 23.9. The Morgan fingerprint density at radius 1 is 1.14 bits per heavy atom. The Morgan fingerprint density at radius 2 is 1.86 bits per heavy atom. The highest BCUT2D eigenvalue weighted by atomic mass is 16.5. The largest absolute Gasteiger partial charge is 0.396 e. The van der Waals surface area contributed by atoms with Crippen LogP contribution in [0.4, 0.5) is 5.69 Å². The molecule has 0 atom stereocenters. The highest BCUT2D eigenvalue weighted by molar-refractivity contribution is 6.02. The second kappa shape index (κ2) is 10.3. The van der Waals surface area contributed by atoms with Crippen LogP contribution >= 0.6 is 0 Å². The van der Waals surface area contributed by atoms with Crippen LogP contribution in [0.1, 0.15) is 26.0 Å². The van der Waals surface area contributed by atoms with Crippen LogP contribution in [0.15, 0.2) is 54.1 Å². The Hall–Kier alpha value is -3.60. The van der Waals surface area contributed by atoms with Crippen molar-refractivity contribution in [2.75, 3.05) is 37.8 Å². The standard InChI is InChI=1S/C28H32N4O3/c1-28(2,10-13-33)30-27(34)23(19-29)18-24-8-9-26(31(24)3)22-5-4-21-17-25(7-6-20(21)16-22)32-11-14-35-15-12-32/h4-9,16-18,33H,10-15H2,1-3H3,(H,30,34)/b23-18+. The maximum Gasteiger partial charge on any atom is 0.262 e. The number of aliphatic hydroxyl groups is 1. The van der Waals surface area contributed by atoms with Gasteiger partial charge in [0.2, 0.25) is 0 Å². The number of aromatic nitrogens is 1. The zero-order valence-electron chi connectivity index (χ0n) is 20.5. The quantitative estimate of drug-likeness (QED) is 0.403. The van der Waals surface area contributed by atoms with Gasteiger partial charge in [0.1, 0.15) is 11.6 Å². The highest BCUT2D eigenvalue weighted by Gasteiger charge is 2.22. The number of ether oxygens (including phenoxy) is 1. The van der Waals surface area contributed by atoms with Crippen LogP contribution in [-0.4, -0.2) is 54.0 Å². The summed E-state index contributed by atoms with van der Waals surface area (Å²) >= 11 is 0. The van der Waals surface area contributed by atoms with Gasteiger partial charge in [-0.3, -0.25) is 4.79 Å². The Balaban J connectivity index is 1.58. The molecular formula is C28H32N4O3. The molecule has 7 nitrogen and oxygen atoms in total. The first-order chi connectivity index (χ1) is 16.8. The van der Waals surface area contributed by atoms with Crippen molar-refractivity contribution in [3.63, 3.8) is 0 Å². The average molecular weight is 473 g/mol. The van der Waals surface area contributed by atoms with E-state index in [2.05, 4.69) is 46.6 Å². The fourth-order valence-electron chi connectivity index (χ4n) is 4.39. The van der Waals surface area contributed by atoms with Crippen LogP contribution in [0.5, 0.6) is 0 Å². The molecule has 0 unspecified atom stereocenters. The molecule has 3 aromatic rings. The molecule has 7 heteroatoms. The van der Waals surface area contributed by atoms with Gasteiger partial charge >= 0.3 is 0 Å². The summed E-state index contributed by atoms with van der Waals surface area (Å²) in [6.45, 7) is 6.94. The number of nitriles is 1. The molecule has 2 aromatic carbocycles. The van der Waals surface area contributed by atoms with E-state index >= 15 is 0 Å². The summed E-state index contributed by atoms with van der Waals surface area (Å²) < 4.78 is 7.44. The molecule has 2 N–H and O–H groups in total. The number of fused-ring (bicyclic) bond motifs is 1. The van der Waals surface area contributed by atoms with Crippen LogP contribution in [0.3, 0.4) is 0 Å². The zero-order valence-corrected chi connectivity index (χ0v) is 20.5. The lowest BCUT2D eigenvalue weighted by atomic mass is 10.0. The summed E-state index contributed by atoms with van der Waals surface area (Å²) in [5.41, 5.74) is 3.45. The van der Waals surface area contributed by atoms with E-state index in [0.717, 1.165) is 48.6 Å². The summed E-state index contributed by atoms with van der Waals surface area (Å²) in [5.74, 6) is -0.449. The van der Waals surface area contributed by atoms with E-state index in [1.165, 1.54) is 11.1 Å². The van der Waals surface area contributed by atoms with Crippen molar-refractivity contribution in [1.82, 2.24) is 9.88 Å². The lowest BCUT2D eigenvalue weighted by molar-refractivity contribution is -0.118. The molecule has 4 rings (SSSR count). The Kier molecular flexibility index (Phi) is 7.25. The van der Waals surface area contributed by atoms with Gasteiger partial charge in [0, 0.05) is 49.4 Å². The van der Waals surface area contributed by atoms with Crippen molar-refractivity contribution in [3.05, 3.63) is 59.8 Å². The van der Waals surface area contributed by atoms with E-state index in [9.17, 15) is 15.2 Å². The number of aliphatic hydroxyl groups excluding tert-OH is 1. The second-order valence-corrected chi connectivity index (χ2v) is 9.53. The zero-order chi connectivity index (χ0) is 25.0. The van der Waals surface area contributed by atoms with Crippen molar-refractivity contribution in [1.29, 1.82) is 5.26 Å². The third-order valence-electron chi connectivity index (χ3n) is 6.50. The van der Waals surface area contributed by atoms with Crippen molar-refractivity contribution < 1.29 is 14.6 Å². The normalized spacial score (nSPS) is 14.7. The lowest BCUT2D eigenvalue weighted by Crippen LogP contribution is -2.44. The summed E-state index contributed by atoms with van der Waals surface area (Å²) in [6, 6.07) is 18.8. The third kappa shape index (κ3) is 5.56. The minimum absolute atomic E-state index is 0.0259. The molecule has 1 aliphatic rings. The van der Waals surface area contributed by atoms with Gasteiger partial charge in [-0.25, -0.2) is 0 Å². The third-order valence-corrected chi connectivity index (χ3v) is 6.50. The van der Waals surface area contributed by atoms with Gasteiger partial charge in [0.25, 0.3) is 5.91 Å². The minimum atomic E-state index is -0.603. The molecule has 1 saturated heterocycles. The number of nitrogens with zero attached hydrogens (tertiary/aromatic N) is 3. The van der Waals surface area contributed by atoms with E-state index < -0.39 is 11.4 Å². The molecule has 182 valence electrons. The average Bonchev–Trinajstić information content (AvgIpc) is 3.21. The van der Waals surface area contributed by atoms with E-state index in [4.69, 9.17) is 4.74 Å². The molecule has 0 bridgehead atoms. The summed E-state index contributed by atoms with van der Waals surface area (Å²) in [7, 11) is 1.93. The number of hydrogen-bond acceptors (Lipinski definition) is 5. The predicted octanol–water partition coefficient (Wildman–Crippen LogP) is 3.87. The summed E-state index contributed by atoms with van der Waals surface area (Å²) in [6.07, 6.45) is 2.01. The maximum absolute atomic E-state index is 12.6. The SMILES string of the molecule is Cn1c(/C=C(\C#N)C(=O)NC(C)(C)CCO)ccc1-c1ccc2cc(N3CCOCC3)ccc2c1. The molecule has 1 aromatic heterocycles. The minimum Gasteiger partial charge on any atom is -0.396 e. The molecule has 2 heterocycles. The molecule has 0 radical (unpaired) electrons. The van der Waals surface area contributed by atoms with E-state index in [0.29, 0.717) is 6.42 Å². The fraction of sp³-hybridized carbons (Fsp3) is 0.357. The number of carbonyl (C=O) groups excluding carboxylic acids is 1. The Bertz CT molecular complexity index is 1290. The number of carbonyl (C=O) groups is 1. The molecule has 1 fully saturated rings. The van der Waals surface area contributed by atoms with Crippen molar-refractivity contribution >= 4 is 28.4 Å². The van der Waals surface area contributed by atoms with Gasteiger partial charge in [-0.15, -0.1) is 0 Å². The van der Waals surface area contributed by atoms with Crippen LogP contribution in [-0.2, 0) is 16.6 Å². The molecule has 1 amide bonds. The van der Waals surface area contributed by atoms with E-state index in [1.807, 2.05) is 43.7 Å². The smallest absolute Gasteiger partial charge is 0.262 e. The molecule has 35 heavy (non-hydrogen) atoms. The highest BCUT2D eigenvalue weighted by Crippen LogP contribution is 2.29. The number of benzene rings is 2. The number of amides is 1. The number of morpholine rings is 1. The van der Waals surface area contributed by atoms with Gasteiger partial charge < -0.3 is 24.6 Å². The van der Waals surface area contributed by atoms with Crippen molar-refractivity contribution in [2.24, 2.45) is 7.05 Å². The number of rotatable bonds is 7. The van der Waals surface area contributed by atoms with E-state index in [-0.39, 0.29) is 12.2 Å². The van der Waals surface area contributed by atoms with Gasteiger partial charge in [0.05, 0.1) is 13.2 Å². The fourth-order valence-corrected chi connectivity index (χ4v) is 4.39. The Morgan fingerprint density at radius 3 is 2.57 bits per heavy atom. The Labute approximate surface area is 206 Å². The first-order valence-corrected chi connectivity index (χ1v) is 11.9. The van der Waals surface area contributed by atoms with Crippen molar-refractivity contribution in [2.45, 2.75) is 25.8 Å². The van der Waals surface area contributed by atoms with Crippen LogP contribution in [0.25, 0.3) is 28.1 Å². The van der Waals surface area contributed by atoms with Gasteiger partial charge in [-0.1, -0.05) is 18.2 Å². The second-order valence-electron chi connectivity index (χ2n) is 9.53. The van der Waals surface area contributed by atoms with Crippen molar-refractivity contribution in [3.8, 4) is 17.3 Å². The molecular weight excluding hydrogens is 440 g/mol. The van der Waals surface area contributed by atoms with Crippen LogP contribution in [0, 0.1) is 11.3 Å². The van der Waals surface area contributed by atoms with Crippen LogP contribution < -0.4 is 10.2 Å². The first kappa shape index (κ1) is 24.5.